The third-order valence-corrected chi connectivity index (χ3v) is 10.5. The fraction of sp³-hybridized carbons (Fsp3) is 0.0833. The SMILES string of the molecule is c1ccc(-c2cc(-c3ccccc3)n(-c3cc(-n4nc(-c5ccccc5)cc4-c4ccccc4)cc(-n4c5c(c6ccccc64)CCCC5)c3)n2)cc1. The molecule has 0 bridgehead atoms. The monoisotopic (exact) mass is 683 g/mol. The van der Waals surface area contributed by atoms with Crippen molar-refractivity contribution in [3.8, 4) is 62.1 Å². The van der Waals surface area contributed by atoms with Crippen LogP contribution in [0.1, 0.15) is 24.1 Å². The maximum Gasteiger partial charge on any atom is 0.0934 e. The van der Waals surface area contributed by atoms with Crippen LogP contribution in [-0.2, 0) is 12.8 Å². The molecule has 3 aromatic heterocycles. The fourth-order valence-electron chi connectivity index (χ4n) is 8.03. The standard InChI is InChI=1S/C48H37N5/c1-5-17-34(18-6-1)43-32-47(36-21-9-3-10-22-36)52(49-43)39-29-38(51-45-27-15-13-25-41(45)42-26-14-16-28-46(42)51)30-40(31-39)53-48(37-23-11-4-12-24-37)33-44(50-53)35-19-7-2-8-20-35/h1-13,15,17-25,27,29-33H,14,16,26,28H2. The average Bonchev–Trinajstić information content (AvgIpc) is 3.97. The van der Waals surface area contributed by atoms with Gasteiger partial charge in [0, 0.05) is 33.3 Å². The zero-order chi connectivity index (χ0) is 35.1. The molecular formula is C48H37N5. The van der Waals surface area contributed by atoms with E-state index in [1.165, 1.54) is 35.0 Å². The molecule has 1 aliphatic rings. The van der Waals surface area contributed by atoms with Crippen LogP contribution in [0.2, 0.25) is 0 Å². The molecule has 6 aromatic carbocycles. The van der Waals surface area contributed by atoms with E-state index in [4.69, 9.17) is 10.2 Å². The number of aromatic nitrogens is 5. The Morgan fingerprint density at radius 1 is 0.396 bits per heavy atom. The molecule has 0 atom stereocenters. The van der Waals surface area contributed by atoms with Gasteiger partial charge in [-0.2, -0.15) is 10.2 Å². The van der Waals surface area contributed by atoms with Gasteiger partial charge < -0.3 is 4.57 Å². The normalized spacial score (nSPS) is 12.6. The van der Waals surface area contributed by atoms with E-state index in [9.17, 15) is 0 Å². The molecule has 0 spiro atoms. The zero-order valence-corrected chi connectivity index (χ0v) is 29.3. The van der Waals surface area contributed by atoms with E-state index in [2.05, 4.69) is 190 Å². The van der Waals surface area contributed by atoms with Crippen molar-refractivity contribution >= 4 is 10.9 Å². The molecule has 0 saturated carbocycles. The van der Waals surface area contributed by atoms with Crippen molar-refractivity contribution in [2.45, 2.75) is 25.7 Å². The average molecular weight is 684 g/mol. The summed E-state index contributed by atoms with van der Waals surface area (Å²) in [6.45, 7) is 0. The second-order valence-corrected chi connectivity index (χ2v) is 13.8. The number of fused-ring (bicyclic) bond motifs is 3. The number of para-hydroxylation sites is 1. The molecule has 0 saturated heterocycles. The number of benzene rings is 6. The lowest BCUT2D eigenvalue weighted by Crippen LogP contribution is -2.10. The molecule has 0 radical (unpaired) electrons. The number of hydrogen-bond acceptors (Lipinski definition) is 2. The van der Waals surface area contributed by atoms with Crippen molar-refractivity contribution < 1.29 is 0 Å². The van der Waals surface area contributed by atoms with Crippen LogP contribution >= 0.6 is 0 Å². The highest BCUT2D eigenvalue weighted by molar-refractivity contribution is 5.88. The van der Waals surface area contributed by atoms with E-state index in [0.717, 1.165) is 74.9 Å². The molecular weight excluding hydrogens is 647 g/mol. The van der Waals surface area contributed by atoms with Crippen LogP contribution in [0.3, 0.4) is 0 Å². The summed E-state index contributed by atoms with van der Waals surface area (Å²) < 4.78 is 6.74. The quantitative estimate of drug-likeness (QED) is 0.168. The minimum absolute atomic E-state index is 0.927. The van der Waals surface area contributed by atoms with Gasteiger partial charge in [0.1, 0.15) is 0 Å². The van der Waals surface area contributed by atoms with E-state index >= 15 is 0 Å². The molecule has 0 aliphatic heterocycles. The Morgan fingerprint density at radius 2 is 0.830 bits per heavy atom. The van der Waals surface area contributed by atoms with Crippen molar-refractivity contribution in [2.24, 2.45) is 0 Å². The molecule has 0 amide bonds. The number of aryl methyl sites for hydroxylation is 1. The molecule has 1 aliphatic carbocycles. The summed E-state index contributed by atoms with van der Waals surface area (Å²) in [6, 6.07) is 62.2. The van der Waals surface area contributed by atoms with Gasteiger partial charge >= 0.3 is 0 Å². The van der Waals surface area contributed by atoms with Crippen LogP contribution in [-0.4, -0.2) is 24.1 Å². The smallest absolute Gasteiger partial charge is 0.0934 e. The number of hydrogen-bond donors (Lipinski definition) is 0. The summed E-state index contributed by atoms with van der Waals surface area (Å²) in [5, 5.41) is 12.0. The lowest BCUT2D eigenvalue weighted by Gasteiger charge is -2.19. The Balaban J connectivity index is 1.27. The van der Waals surface area contributed by atoms with Gasteiger partial charge in [-0.3, -0.25) is 0 Å². The topological polar surface area (TPSA) is 40.6 Å². The van der Waals surface area contributed by atoms with Crippen LogP contribution in [0.5, 0.6) is 0 Å². The third kappa shape index (κ3) is 5.58. The maximum absolute atomic E-state index is 5.35. The van der Waals surface area contributed by atoms with Gasteiger partial charge in [0.25, 0.3) is 0 Å². The first-order valence-electron chi connectivity index (χ1n) is 18.5. The van der Waals surface area contributed by atoms with Crippen LogP contribution in [0, 0.1) is 0 Å². The summed E-state index contributed by atoms with van der Waals surface area (Å²) >= 11 is 0. The largest absolute Gasteiger partial charge is 0.313 e. The van der Waals surface area contributed by atoms with Gasteiger partial charge in [-0.25, -0.2) is 9.36 Å². The summed E-state index contributed by atoms with van der Waals surface area (Å²) in [6.07, 6.45) is 4.56. The van der Waals surface area contributed by atoms with E-state index in [1.54, 1.807) is 0 Å². The summed E-state index contributed by atoms with van der Waals surface area (Å²) in [4.78, 5) is 0. The minimum atomic E-state index is 0.927. The molecule has 5 heteroatoms. The molecule has 0 N–H and O–H groups in total. The molecule has 9 aromatic rings. The molecule has 0 unspecified atom stereocenters. The van der Waals surface area contributed by atoms with Crippen molar-refractivity contribution in [3.63, 3.8) is 0 Å². The Labute approximate surface area is 309 Å². The molecule has 10 rings (SSSR count). The van der Waals surface area contributed by atoms with Gasteiger partial charge in [-0.1, -0.05) is 140 Å². The molecule has 3 heterocycles. The molecule has 5 nitrogen and oxygen atoms in total. The molecule has 0 fully saturated rings. The Bertz CT molecular complexity index is 2560. The lowest BCUT2D eigenvalue weighted by molar-refractivity contribution is 0.666. The van der Waals surface area contributed by atoms with Crippen molar-refractivity contribution in [1.82, 2.24) is 24.1 Å². The van der Waals surface area contributed by atoms with E-state index in [0.29, 0.717) is 0 Å². The van der Waals surface area contributed by atoms with E-state index in [-0.39, 0.29) is 0 Å². The zero-order valence-electron chi connectivity index (χ0n) is 29.3. The highest BCUT2D eigenvalue weighted by Gasteiger charge is 2.23. The first-order chi connectivity index (χ1) is 26.3. The lowest BCUT2D eigenvalue weighted by atomic mass is 9.95. The van der Waals surface area contributed by atoms with Gasteiger partial charge in [0.2, 0.25) is 0 Å². The molecule has 53 heavy (non-hydrogen) atoms. The van der Waals surface area contributed by atoms with Gasteiger partial charge in [-0.05, 0) is 67.6 Å². The Kier molecular flexibility index (Phi) is 7.68. The second kappa shape index (κ2) is 13.1. The van der Waals surface area contributed by atoms with Crippen molar-refractivity contribution in [2.75, 3.05) is 0 Å². The van der Waals surface area contributed by atoms with E-state index < -0.39 is 0 Å². The second-order valence-electron chi connectivity index (χ2n) is 13.8. The Hall–Kier alpha value is -6.72. The van der Waals surface area contributed by atoms with Crippen molar-refractivity contribution in [1.29, 1.82) is 0 Å². The van der Waals surface area contributed by atoms with Crippen LogP contribution in [0.15, 0.2) is 176 Å². The Morgan fingerprint density at radius 3 is 1.36 bits per heavy atom. The van der Waals surface area contributed by atoms with Gasteiger partial charge in [-0.15, -0.1) is 0 Å². The molecule has 254 valence electrons. The predicted octanol–water partition coefficient (Wildman–Crippen LogP) is 11.5. The first kappa shape index (κ1) is 31.1. The summed E-state index contributed by atoms with van der Waals surface area (Å²) in [7, 11) is 0. The fourth-order valence-corrected chi connectivity index (χ4v) is 8.03. The number of nitrogens with zero attached hydrogens (tertiary/aromatic N) is 5. The summed E-state index contributed by atoms with van der Waals surface area (Å²) in [5.41, 5.74) is 15.4. The maximum atomic E-state index is 5.35. The van der Waals surface area contributed by atoms with Gasteiger partial charge in [0.05, 0.1) is 45.4 Å². The van der Waals surface area contributed by atoms with E-state index in [1.807, 2.05) is 0 Å². The van der Waals surface area contributed by atoms with Gasteiger partial charge in [0.15, 0.2) is 0 Å². The predicted molar refractivity (Wildman–Crippen MR) is 216 cm³/mol. The highest BCUT2D eigenvalue weighted by atomic mass is 15.3. The third-order valence-electron chi connectivity index (χ3n) is 10.5. The minimum Gasteiger partial charge on any atom is -0.313 e. The van der Waals surface area contributed by atoms with Crippen LogP contribution < -0.4 is 0 Å². The summed E-state index contributed by atoms with van der Waals surface area (Å²) in [5.74, 6) is 0. The van der Waals surface area contributed by atoms with Crippen LogP contribution in [0.4, 0.5) is 0 Å². The highest BCUT2D eigenvalue weighted by Crippen LogP contribution is 2.38. The van der Waals surface area contributed by atoms with Crippen LogP contribution in [0.25, 0.3) is 73.0 Å². The van der Waals surface area contributed by atoms with Crippen molar-refractivity contribution in [3.05, 3.63) is 187 Å². The first-order valence-corrected chi connectivity index (χ1v) is 18.5. The number of rotatable bonds is 7.